The number of hydrogen-bond donors (Lipinski definition) is 0. The second-order valence-electron chi connectivity index (χ2n) is 6.12. The van der Waals surface area contributed by atoms with Crippen molar-refractivity contribution in [3.05, 3.63) is 0 Å². The van der Waals surface area contributed by atoms with Gasteiger partial charge in [-0.25, -0.2) is 0 Å². The summed E-state index contributed by atoms with van der Waals surface area (Å²) >= 11 is 0. The molecule has 0 aliphatic heterocycles. The van der Waals surface area contributed by atoms with Gasteiger partial charge in [-0.15, -0.1) is 0 Å². The van der Waals surface area contributed by atoms with Gasteiger partial charge in [0, 0.05) is 12.3 Å². The molecule has 0 heterocycles. The Bertz CT molecular complexity index is 244. The third-order valence-corrected chi connectivity index (χ3v) is 4.28. The third kappa shape index (κ3) is 1.62. The van der Waals surface area contributed by atoms with Crippen molar-refractivity contribution in [2.75, 3.05) is 0 Å². The van der Waals surface area contributed by atoms with Crippen molar-refractivity contribution in [2.24, 2.45) is 23.2 Å². The Hall–Kier alpha value is -0.330. The first-order valence-corrected chi connectivity index (χ1v) is 6.04. The molecule has 1 heteroatoms. The summed E-state index contributed by atoms with van der Waals surface area (Å²) in [5, 5.41) is 0. The van der Waals surface area contributed by atoms with Gasteiger partial charge in [0.15, 0.2) is 0 Å². The first kappa shape index (κ1) is 10.2. The largest absolute Gasteiger partial charge is 0.299 e. The molecule has 0 N–H and O–H groups in total. The number of ketones is 1. The van der Waals surface area contributed by atoms with Crippen LogP contribution >= 0.6 is 0 Å². The molecule has 1 nitrogen and oxygen atoms in total. The minimum atomic E-state index is 0.398. The van der Waals surface area contributed by atoms with Crippen LogP contribution in [0.3, 0.4) is 0 Å². The zero-order chi connectivity index (χ0) is 10.3. The average molecular weight is 194 g/mol. The molecule has 2 rings (SSSR count). The molecule has 0 aromatic carbocycles. The molecule has 2 saturated carbocycles. The second kappa shape index (κ2) is 3.36. The zero-order valence-corrected chi connectivity index (χ0v) is 9.68. The van der Waals surface area contributed by atoms with Gasteiger partial charge in [-0.3, -0.25) is 4.79 Å². The van der Waals surface area contributed by atoms with Crippen LogP contribution in [0.25, 0.3) is 0 Å². The van der Waals surface area contributed by atoms with E-state index in [1.54, 1.807) is 0 Å². The number of carbonyl (C=O) groups excluding carboxylic acids is 1. The predicted octanol–water partition coefficient (Wildman–Crippen LogP) is 3.43. The Labute approximate surface area is 87.3 Å². The molecule has 2 fully saturated rings. The van der Waals surface area contributed by atoms with Crippen LogP contribution in [-0.2, 0) is 4.79 Å². The van der Waals surface area contributed by atoms with E-state index in [0.29, 0.717) is 23.0 Å². The monoisotopic (exact) mass is 194 g/mol. The topological polar surface area (TPSA) is 17.1 Å². The Morgan fingerprint density at radius 3 is 2.64 bits per heavy atom. The minimum Gasteiger partial charge on any atom is -0.299 e. The van der Waals surface area contributed by atoms with E-state index < -0.39 is 0 Å². The standard InChI is InChI=1S/C13H22O/c1-9(2)6-10-7-12(14)11-4-5-13(11,3)8-10/h9-11H,4-8H2,1-3H3/t10-,11-,13+/m1/s1. The maximum atomic E-state index is 11.9. The van der Waals surface area contributed by atoms with E-state index in [2.05, 4.69) is 20.8 Å². The lowest BCUT2D eigenvalue weighted by Crippen LogP contribution is -2.48. The first-order chi connectivity index (χ1) is 6.51. The summed E-state index contributed by atoms with van der Waals surface area (Å²) in [5.41, 5.74) is 0.398. The number of rotatable bonds is 2. The van der Waals surface area contributed by atoms with E-state index in [-0.39, 0.29) is 0 Å². The third-order valence-electron chi connectivity index (χ3n) is 4.28. The fraction of sp³-hybridized carbons (Fsp3) is 0.923. The molecule has 0 aromatic heterocycles. The van der Waals surface area contributed by atoms with Gasteiger partial charge in [0.05, 0.1) is 0 Å². The highest BCUT2D eigenvalue weighted by Crippen LogP contribution is 2.55. The highest BCUT2D eigenvalue weighted by Gasteiger charge is 2.50. The van der Waals surface area contributed by atoms with Crippen molar-refractivity contribution in [1.29, 1.82) is 0 Å². The van der Waals surface area contributed by atoms with E-state index in [1.807, 2.05) is 0 Å². The Balaban J connectivity index is 2.00. The molecule has 14 heavy (non-hydrogen) atoms. The minimum absolute atomic E-state index is 0.398. The van der Waals surface area contributed by atoms with Gasteiger partial charge in [0.2, 0.25) is 0 Å². The molecule has 3 atom stereocenters. The number of carbonyl (C=O) groups is 1. The molecule has 0 aromatic rings. The number of fused-ring (bicyclic) bond motifs is 1. The van der Waals surface area contributed by atoms with Gasteiger partial charge < -0.3 is 0 Å². The lowest BCUT2D eigenvalue weighted by atomic mass is 9.52. The molecule has 2 aliphatic carbocycles. The maximum absolute atomic E-state index is 11.9. The predicted molar refractivity (Wildman–Crippen MR) is 58.0 cm³/mol. The Morgan fingerprint density at radius 1 is 1.50 bits per heavy atom. The quantitative estimate of drug-likeness (QED) is 0.658. The van der Waals surface area contributed by atoms with Crippen molar-refractivity contribution < 1.29 is 4.79 Å². The fourth-order valence-electron chi connectivity index (χ4n) is 3.57. The van der Waals surface area contributed by atoms with Gasteiger partial charge in [-0.05, 0) is 42.9 Å². The van der Waals surface area contributed by atoms with Crippen LogP contribution in [0.4, 0.5) is 0 Å². The molecule has 0 spiro atoms. The van der Waals surface area contributed by atoms with Crippen molar-refractivity contribution in [3.63, 3.8) is 0 Å². The Morgan fingerprint density at radius 2 is 2.21 bits per heavy atom. The van der Waals surface area contributed by atoms with Gasteiger partial charge >= 0.3 is 0 Å². The molecule has 0 radical (unpaired) electrons. The molecule has 0 unspecified atom stereocenters. The van der Waals surface area contributed by atoms with Crippen molar-refractivity contribution in [3.8, 4) is 0 Å². The van der Waals surface area contributed by atoms with E-state index in [1.165, 1.54) is 25.7 Å². The zero-order valence-electron chi connectivity index (χ0n) is 9.68. The van der Waals surface area contributed by atoms with Crippen molar-refractivity contribution in [2.45, 2.75) is 52.9 Å². The van der Waals surface area contributed by atoms with E-state index in [4.69, 9.17) is 0 Å². The molecule has 0 amide bonds. The van der Waals surface area contributed by atoms with Crippen LogP contribution in [-0.4, -0.2) is 5.78 Å². The molecule has 0 bridgehead atoms. The van der Waals surface area contributed by atoms with Crippen LogP contribution in [0, 0.1) is 23.2 Å². The normalized spacial score (nSPS) is 42.1. The van der Waals surface area contributed by atoms with E-state index in [9.17, 15) is 4.79 Å². The molecule has 80 valence electrons. The lowest BCUT2D eigenvalue weighted by Gasteiger charge is -2.52. The summed E-state index contributed by atoms with van der Waals surface area (Å²) in [7, 11) is 0. The molecular weight excluding hydrogens is 172 g/mol. The molecule has 2 aliphatic rings. The van der Waals surface area contributed by atoms with Crippen LogP contribution < -0.4 is 0 Å². The van der Waals surface area contributed by atoms with Gasteiger partial charge in [-0.2, -0.15) is 0 Å². The van der Waals surface area contributed by atoms with E-state index >= 15 is 0 Å². The first-order valence-electron chi connectivity index (χ1n) is 6.04. The SMILES string of the molecule is CC(C)C[C@@H]1CC(=O)[C@H]2CC[C@@]2(C)C1. The molecule has 0 saturated heterocycles. The molecular formula is C13H22O. The van der Waals surface area contributed by atoms with Crippen molar-refractivity contribution in [1.82, 2.24) is 0 Å². The summed E-state index contributed by atoms with van der Waals surface area (Å²) in [6.07, 6.45) is 5.88. The van der Waals surface area contributed by atoms with E-state index in [0.717, 1.165) is 12.3 Å². The highest BCUT2D eigenvalue weighted by molar-refractivity contribution is 5.83. The average Bonchev–Trinajstić information content (AvgIpc) is 1.98. The fourth-order valence-corrected chi connectivity index (χ4v) is 3.57. The second-order valence-corrected chi connectivity index (χ2v) is 6.12. The van der Waals surface area contributed by atoms with Gasteiger partial charge in [-0.1, -0.05) is 20.8 Å². The smallest absolute Gasteiger partial charge is 0.136 e. The van der Waals surface area contributed by atoms with Crippen molar-refractivity contribution >= 4 is 5.78 Å². The van der Waals surface area contributed by atoms with Crippen LogP contribution in [0.1, 0.15) is 52.9 Å². The maximum Gasteiger partial charge on any atom is 0.136 e. The summed E-state index contributed by atoms with van der Waals surface area (Å²) in [4.78, 5) is 11.9. The van der Waals surface area contributed by atoms with Crippen LogP contribution in [0.2, 0.25) is 0 Å². The summed E-state index contributed by atoms with van der Waals surface area (Å²) < 4.78 is 0. The Kier molecular flexibility index (Phi) is 2.45. The van der Waals surface area contributed by atoms with Gasteiger partial charge in [0.1, 0.15) is 5.78 Å². The lowest BCUT2D eigenvalue weighted by molar-refractivity contribution is -0.141. The number of Topliss-reactive ketones (excluding diaryl/α,β-unsaturated/α-hetero) is 1. The van der Waals surface area contributed by atoms with Crippen LogP contribution in [0.5, 0.6) is 0 Å². The number of hydrogen-bond acceptors (Lipinski definition) is 1. The summed E-state index contributed by atoms with van der Waals surface area (Å²) in [6, 6.07) is 0. The highest BCUT2D eigenvalue weighted by atomic mass is 16.1. The van der Waals surface area contributed by atoms with Crippen LogP contribution in [0.15, 0.2) is 0 Å². The van der Waals surface area contributed by atoms with Gasteiger partial charge in [0.25, 0.3) is 0 Å². The summed E-state index contributed by atoms with van der Waals surface area (Å²) in [6.45, 7) is 6.85. The summed E-state index contributed by atoms with van der Waals surface area (Å²) in [5.74, 6) is 2.43.